The molecule has 0 saturated heterocycles. The lowest BCUT2D eigenvalue weighted by Gasteiger charge is -2.13. The van der Waals surface area contributed by atoms with E-state index in [1.54, 1.807) is 12.1 Å². The minimum atomic E-state index is -0.257. The zero-order valence-corrected chi connectivity index (χ0v) is 15.7. The Hall–Kier alpha value is -2.54. The van der Waals surface area contributed by atoms with Crippen molar-refractivity contribution in [3.05, 3.63) is 45.6 Å². The van der Waals surface area contributed by atoms with Crippen LogP contribution >= 0.6 is 11.3 Å². The van der Waals surface area contributed by atoms with Gasteiger partial charge in [-0.1, -0.05) is 6.07 Å². The van der Waals surface area contributed by atoms with Crippen molar-refractivity contribution in [2.24, 2.45) is 0 Å². The molecule has 0 bridgehead atoms. The predicted molar refractivity (Wildman–Crippen MR) is 99.9 cm³/mol. The molecular formula is C19H22N2O4S. The van der Waals surface area contributed by atoms with E-state index < -0.39 is 0 Å². The lowest BCUT2D eigenvalue weighted by atomic mass is 10.1. The second-order valence-corrected chi connectivity index (χ2v) is 7.02. The maximum atomic E-state index is 12.1. The maximum Gasteiger partial charge on any atom is 0.261 e. The van der Waals surface area contributed by atoms with Crippen LogP contribution in [0.1, 0.15) is 34.6 Å². The van der Waals surface area contributed by atoms with Crippen LogP contribution in [0.4, 0.5) is 0 Å². The quantitative estimate of drug-likeness (QED) is 0.781. The van der Waals surface area contributed by atoms with Gasteiger partial charge in [0.15, 0.2) is 0 Å². The molecule has 0 radical (unpaired) electrons. The summed E-state index contributed by atoms with van der Waals surface area (Å²) in [6.45, 7) is 4.74. The third kappa shape index (κ3) is 4.35. The van der Waals surface area contributed by atoms with Gasteiger partial charge in [0.2, 0.25) is 5.91 Å². The summed E-state index contributed by atoms with van der Waals surface area (Å²) in [5.74, 6) is 1.10. The monoisotopic (exact) mass is 374 g/mol. The number of rotatable bonds is 7. The van der Waals surface area contributed by atoms with E-state index >= 15 is 0 Å². The van der Waals surface area contributed by atoms with Crippen molar-refractivity contribution in [2.45, 2.75) is 32.9 Å². The second kappa shape index (κ2) is 8.23. The van der Waals surface area contributed by atoms with E-state index in [0.717, 1.165) is 29.0 Å². The molecular weight excluding hydrogens is 352 g/mol. The van der Waals surface area contributed by atoms with Gasteiger partial charge in [-0.2, -0.15) is 0 Å². The first-order valence-corrected chi connectivity index (χ1v) is 9.48. The van der Waals surface area contributed by atoms with Crippen molar-refractivity contribution in [1.29, 1.82) is 0 Å². The highest BCUT2D eigenvalue weighted by molar-refractivity contribution is 7.12. The molecule has 1 atom stereocenters. The van der Waals surface area contributed by atoms with E-state index in [-0.39, 0.29) is 24.5 Å². The molecule has 0 fully saturated rings. The normalized spacial score (nSPS) is 15.1. The summed E-state index contributed by atoms with van der Waals surface area (Å²) in [4.78, 5) is 24.5. The molecule has 0 unspecified atom stereocenters. The van der Waals surface area contributed by atoms with E-state index in [9.17, 15) is 9.59 Å². The van der Waals surface area contributed by atoms with Crippen LogP contribution in [0.3, 0.4) is 0 Å². The summed E-state index contributed by atoms with van der Waals surface area (Å²) in [6, 6.07) is 7.43. The molecule has 1 aliphatic rings. The third-order valence-corrected chi connectivity index (χ3v) is 4.88. The lowest BCUT2D eigenvalue weighted by Crippen LogP contribution is -2.36. The number of hydrogen-bond acceptors (Lipinski definition) is 5. The standard InChI is InChI=1S/C19H22N2O4S/c1-3-24-15-8-13-7-12(2)25-16(13)9-14(15)10-20-18(22)11-21-19(23)17-5-4-6-26-17/h4-6,8-9,12H,3,7,10-11H2,1-2H3,(H,20,22)(H,21,23)/t12-/m0/s1. The zero-order chi connectivity index (χ0) is 18.5. The number of ether oxygens (including phenoxy) is 2. The molecule has 1 aromatic heterocycles. The van der Waals surface area contributed by atoms with Crippen LogP contribution in [-0.2, 0) is 17.8 Å². The van der Waals surface area contributed by atoms with E-state index in [1.165, 1.54) is 11.3 Å². The summed E-state index contributed by atoms with van der Waals surface area (Å²) in [6.07, 6.45) is 1.01. The summed E-state index contributed by atoms with van der Waals surface area (Å²) in [7, 11) is 0. The van der Waals surface area contributed by atoms with Gasteiger partial charge < -0.3 is 20.1 Å². The van der Waals surface area contributed by atoms with Crippen molar-refractivity contribution in [1.82, 2.24) is 10.6 Å². The SMILES string of the molecule is CCOc1cc2c(cc1CNC(=O)CNC(=O)c1cccs1)O[C@@H](C)C2. The molecule has 7 heteroatoms. The third-order valence-electron chi connectivity index (χ3n) is 4.01. The number of carbonyl (C=O) groups excluding carboxylic acids is 2. The molecule has 2 amide bonds. The largest absolute Gasteiger partial charge is 0.494 e. The average molecular weight is 374 g/mol. The molecule has 3 rings (SSSR count). The second-order valence-electron chi connectivity index (χ2n) is 6.07. The topological polar surface area (TPSA) is 76.7 Å². The Morgan fingerprint density at radius 2 is 2.19 bits per heavy atom. The summed E-state index contributed by atoms with van der Waals surface area (Å²) < 4.78 is 11.5. The maximum absolute atomic E-state index is 12.1. The minimum absolute atomic E-state index is 0.0703. The van der Waals surface area contributed by atoms with Gasteiger partial charge in [-0.15, -0.1) is 11.3 Å². The fraction of sp³-hybridized carbons (Fsp3) is 0.368. The fourth-order valence-corrected chi connectivity index (χ4v) is 3.46. The molecule has 138 valence electrons. The van der Waals surface area contributed by atoms with Gasteiger partial charge in [0, 0.05) is 24.1 Å². The first-order valence-electron chi connectivity index (χ1n) is 8.60. The molecule has 0 saturated carbocycles. The molecule has 0 aliphatic carbocycles. The summed E-state index contributed by atoms with van der Waals surface area (Å²) >= 11 is 1.34. The van der Waals surface area contributed by atoms with Crippen LogP contribution < -0.4 is 20.1 Å². The highest BCUT2D eigenvalue weighted by atomic mass is 32.1. The highest BCUT2D eigenvalue weighted by Crippen LogP contribution is 2.35. The van der Waals surface area contributed by atoms with Gasteiger partial charge in [0.1, 0.15) is 17.6 Å². The van der Waals surface area contributed by atoms with Gasteiger partial charge in [0.05, 0.1) is 18.0 Å². The molecule has 26 heavy (non-hydrogen) atoms. The Bertz CT molecular complexity index is 789. The number of fused-ring (bicyclic) bond motifs is 1. The van der Waals surface area contributed by atoms with Gasteiger partial charge in [-0.05, 0) is 37.4 Å². The number of amides is 2. The smallest absolute Gasteiger partial charge is 0.261 e. The van der Waals surface area contributed by atoms with Gasteiger partial charge in [-0.25, -0.2) is 0 Å². The Morgan fingerprint density at radius 1 is 1.35 bits per heavy atom. The Kier molecular flexibility index (Phi) is 5.78. The van der Waals surface area contributed by atoms with Crippen molar-refractivity contribution in [3.63, 3.8) is 0 Å². The molecule has 1 aromatic carbocycles. The zero-order valence-electron chi connectivity index (χ0n) is 14.8. The highest BCUT2D eigenvalue weighted by Gasteiger charge is 2.22. The van der Waals surface area contributed by atoms with Crippen LogP contribution in [0.15, 0.2) is 29.6 Å². The molecule has 2 heterocycles. The van der Waals surface area contributed by atoms with Crippen LogP contribution in [0.2, 0.25) is 0 Å². The summed E-state index contributed by atoms with van der Waals surface area (Å²) in [5.41, 5.74) is 1.98. The summed E-state index contributed by atoms with van der Waals surface area (Å²) in [5, 5.41) is 7.25. The Morgan fingerprint density at radius 3 is 2.92 bits per heavy atom. The van der Waals surface area contributed by atoms with Gasteiger partial charge >= 0.3 is 0 Å². The van der Waals surface area contributed by atoms with Crippen molar-refractivity contribution < 1.29 is 19.1 Å². The van der Waals surface area contributed by atoms with E-state index in [1.807, 2.05) is 31.4 Å². The minimum Gasteiger partial charge on any atom is -0.494 e. The van der Waals surface area contributed by atoms with Crippen LogP contribution in [-0.4, -0.2) is 31.1 Å². The van der Waals surface area contributed by atoms with Crippen LogP contribution in [0.25, 0.3) is 0 Å². The molecule has 0 spiro atoms. The molecule has 6 nitrogen and oxygen atoms in total. The van der Waals surface area contributed by atoms with Crippen molar-refractivity contribution in [2.75, 3.05) is 13.2 Å². The molecule has 2 aromatic rings. The fourth-order valence-electron chi connectivity index (χ4n) is 2.82. The Labute approximate surface area is 156 Å². The first kappa shape index (κ1) is 18.3. The van der Waals surface area contributed by atoms with Crippen molar-refractivity contribution in [3.8, 4) is 11.5 Å². The predicted octanol–water partition coefficient (Wildman–Crippen LogP) is 2.52. The van der Waals surface area contributed by atoms with E-state index in [4.69, 9.17) is 9.47 Å². The van der Waals surface area contributed by atoms with E-state index in [2.05, 4.69) is 10.6 Å². The Balaban J connectivity index is 1.57. The molecule has 2 N–H and O–H groups in total. The average Bonchev–Trinajstić information content (AvgIpc) is 3.26. The van der Waals surface area contributed by atoms with E-state index in [0.29, 0.717) is 18.0 Å². The number of hydrogen-bond donors (Lipinski definition) is 2. The van der Waals surface area contributed by atoms with Gasteiger partial charge in [-0.3, -0.25) is 9.59 Å². The first-order chi connectivity index (χ1) is 12.6. The number of nitrogens with one attached hydrogen (secondary N) is 2. The van der Waals surface area contributed by atoms with Crippen LogP contribution in [0, 0.1) is 0 Å². The molecule has 1 aliphatic heterocycles. The van der Waals surface area contributed by atoms with Crippen molar-refractivity contribution >= 4 is 23.2 Å². The van der Waals surface area contributed by atoms with Crippen LogP contribution in [0.5, 0.6) is 11.5 Å². The number of benzene rings is 1. The number of carbonyl (C=O) groups is 2. The number of thiophene rings is 1. The van der Waals surface area contributed by atoms with Gasteiger partial charge in [0.25, 0.3) is 5.91 Å². The lowest BCUT2D eigenvalue weighted by molar-refractivity contribution is -0.120.